The number of aromatic hydroxyl groups is 1. The number of aliphatic hydroxyl groups is 3. The molecular weight excluding hydrogens is 562 g/mol. The quantitative estimate of drug-likeness (QED) is 0.192. The van der Waals surface area contributed by atoms with Crippen molar-refractivity contribution in [2.75, 3.05) is 5.32 Å². The van der Waals surface area contributed by atoms with Gasteiger partial charge in [0.05, 0.1) is 11.3 Å². The van der Waals surface area contributed by atoms with Gasteiger partial charge < -0.3 is 25.7 Å². The summed E-state index contributed by atoms with van der Waals surface area (Å²) < 4.78 is 0. The van der Waals surface area contributed by atoms with E-state index in [9.17, 15) is 39.6 Å². The van der Waals surface area contributed by atoms with Gasteiger partial charge in [0.15, 0.2) is 17.2 Å². The second-order valence-electron chi connectivity index (χ2n) is 15.4. The number of carbonyl (C=O) groups excluding carboxylic acids is 4. The molecule has 1 fully saturated rings. The molecule has 4 rings (SSSR count). The van der Waals surface area contributed by atoms with Gasteiger partial charge in [-0.3, -0.25) is 19.2 Å². The summed E-state index contributed by atoms with van der Waals surface area (Å²) in [5.74, 6) is -6.15. The van der Waals surface area contributed by atoms with E-state index in [1.807, 2.05) is 34.6 Å². The van der Waals surface area contributed by atoms with Crippen molar-refractivity contribution in [3.8, 4) is 5.75 Å². The van der Waals surface area contributed by atoms with E-state index in [1.54, 1.807) is 33.8 Å². The van der Waals surface area contributed by atoms with Gasteiger partial charge in [0.2, 0.25) is 11.7 Å². The minimum Gasteiger partial charge on any atom is -0.508 e. The van der Waals surface area contributed by atoms with Crippen LogP contribution in [-0.4, -0.2) is 49.3 Å². The van der Waals surface area contributed by atoms with Crippen LogP contribution < -0.4 is 5.32 Å². The molecule has 44 heavy (non-hydrogen) atoms. The highest BCUT2D eigenvalue weighted by Gasteiger charge is 2.72. The molecule has 4 atom stereocenters. The number of nitrogens with one attached hydrogen (secondary N) is 1. The van der Waals surface area contributed by atoms with Gasteiger partial charge in [0, 0.05) is 28.7 Å². The molecule has 1 aromatic rings. The topological polar surface area (TPSA) is 161 Å². The first-order valence-electron chi connectivity index (χ1n) is 15.4. The molecule has 1 saturated carbocycles. The number of Topliss-reactive ketones (excluding diaryl/α,β-unsaturated/α-hetero) is 3. The molecule has 5 N–H and O–H groups in total. The number of ketones is 3. The van der Waals surface area contributed by atoms with Crippen LogP contribution in [-0.2, 0) is 25.6 Å². The summed E-state index contributed by atoms with van der Waals surface area (Å²) in [4.78, 5) is 53.7. The Morgan fingerprint density at radius 2 is 1.66 bits per heavy atom. The molecule has 0 heterocycles. The highest BCUT2D eigenvalue weighted by Crippen LogP contribution is 2.65. The lowest BCUT2D eigenvalue weighted by Gasteiger charge is -2.59. The number of rotatable bonds is 6. The average Bonchev–Trinajstić information content (AvgIpc) is 2.85. The molecule has 0 aliphatic heterocycles. The molecule has 0 spiro atoms. The van der Waals surface area contributed by atoms with E-state index in [1.165, 1.54) is 0 Å². The smallest absolute Gasteiger partial charge is 0.224 e. The van der Waals surface area contributed by atoms with Crippen LogP contribution in [0.15, 0.2) is 23.0 Å². The summed E-state index contributed by atoms with van der Waals surface area (Å²) in [6, 6.07) is 1.70. The SMILES string of the molecule is CC(=O)C1=C(O)[C@]2(O)C(=O)C3=C(O)c4c(O)c(NC(=O)CCC(C)(C)C)cc(C(C)C)c4C[C@]3(C)C[C@]2(C)C(C(C)C)C1=O. The molecule has 9 heteroatoms. The molecule has 3 aliphatic rings. The first-order valence-corrected chi connectivity index (χ1v) is 15.4. The molecule has 1 unspecified atom stereocenters. The van der Waals surface area contributed by atoms with Crippen LogP contribution in [0, 0.1) is 28.1 Å². The van der Waals surface area contributed by atoms with Gasteiger partial charge in [-0.25, -0.2) is 0 Å². The van der Waals surface area contributed by atoms with E-state index in [-0.39, 0.29) is 53.3 Å². The Morgan fingerprint density at radius 1 is 1.07 bits per heavy atom. The van der Waals surface area contributed by atoms with Gasteiger partial charge in [-0.2, -0.15) is 0 Å². The number of anilines is 1. The average molecular weight is 610 g/mol. The number of hydrogen-bond donors (Lipinski definition) is 5. The first-order chi connectivity index (χ1) is 20.0. The molecule has 240 valence electrons. The molecule has 0 bridgehead atoms. The van der Waals surface area contributed by atoms with E-state index in [4.69, 9.17) is 0 Å². The number of hydrogen-bond acceptors (Lipinski definition) is 8. The van der Waals surface area contributed by atoms with Gasteiger partial charge in [-0.05, 0) is 60.6 Å². The van der Waals surface area contributed by atoms with Crippen molar-refractivity contribution in [2.45, 2.75) is 106 Å². The number of phenols is 1. The van der Waals surface area contributed by atoms with Gasteiger partial charge in [-0.1, -0.05) is 62.3 Å². The second kappa shape index (κ2) is 10.6. The van der Waals surface area contributed by atoms with Crippen LogP contribution in [0.5, 0.6) is 5.75 Å². The van der Waals surface area contributed by atoms with Crippen molar-refractivity contribution in [3.63, 3.8) is 0 Å². The summed E-state index contributed by atoms with van der Waals surface area (Å²) >= 11 is 0. The maximum atomic E-state index is 14.5. The Hall–Kier alpha value is -3.46. The Labute approximate surface area is 259 Å². The molecular formula is C35H47NO8. The third-order valence-electron chi connectivity index (χ3n) is 10.0. The number of aliphatic hydroxyl groups excluding tert-OH is 2. The zero-order valence-corrected chi connectivity index (χ0v) is 27.6. The fourth-order valence-corrected chi connectivity index (χ4v) is 8.12. The molecule has 0 aromatic heterocycles. The molecule has 1 aromatic carbocycles. The fraction of sp³-hybridized carbons (Fsp3) is 0.600. The summed E-state index contributed by atoms with van der Waals surface area (Å²) in [5, 5.41) is 49.7. The Balaban J connectivity index is 1.98. The zero-order chi connectivity index (χ0) is 33.5. The first kappa shape index (κ1) is 33.4. The normalized spacial score (nSPS) is 28.7. The number of fused-ring (bicyclic) bond motifs is 3. The lowest BCUT2D eigenvalue weighted by Crippen LogP contribution is -2.69. The molecule has 0 radical (unpaired) electrons. The second-order valence-corrected chi connectivity index (χ2v) is 15.4. The Kier molecular flexibility index (Phi) is 8.03. The number of carbonyl (C=O) groups is 4. The Morgan fingerprint density at radius 3 is 2.16 bits per heavy atom. The maximum absolute atomic E-state index is 14.5. The van der Waals surface area contributed by atoms with Crippen molar-refractivity contribution < 1.29 is 39.6 Å². The van der Waals surface area contributed by atoms with Crippen LogP contribution in [0.2, 0.25) is 0 Å². The number of benzene rings is 1. The molecule has 1 amide bonds. The largest absolute Gasteiger partial charge is 0.508 e. The van der Waals surface area contributed by atoms with Crippen molar-refractivity contribution >= 4 is 34.7 Å². The summed E-state index contributed by atoms with van der Waals surface area (Å²) in [5.41, 5.74) is -4.75. The highest BCUT2D eigenvalue weighted by atomic mass is 16.3. The van der Waals surface area contributed by atoms with Crippen LogP contribution in [0.3, 0.4) is 0 Å². The van der Waals surface area contributed by atoms with Crippen molar-refractivity contribution in [3.05, 3.63) is 39.7 Å². The zero-order valence-electron chi connectivity index (χ0n) is 27.6. The highest BCUT2D eigenvalue weighted by molar-refractivity contribution is 6.24. The predicted octanol–water partition coefficient (Wildman–Crippen LogP) is 6.08. The van der Waals surface area contributed by atoms with Gasteiger partial charge in [-0.15, -0.1) is 0 Å². The third kappa shape index (κ3) is 4.78. The van der Waals surface area contributed by atoms with Gasteiger partial charge in [0.1, 0.15) is 22.8 Å². The van der Waals surface area contributed by atoms with Crippen LogP contribution >= 0.6 is 0 Å². The van der Waals surface area contributed by atoms with E-state index >= 15 is 0 Å². The van der Waals surface area contributed by atoms with Gasteiger partial charge in [0.25, 0.3) is 0 Å². The number of amides is 1. The predicted molar refractivity (Wildman–Crippen MR) is 167 cm³/mol. The van der Waals surface area contributed by atoms with Crippen molar-refractivity contribution in [1.82, 2.24) is 0 Å². The monoisotopic (exact) mass is 609 g/mol. The molecule has 3 aliphatic carbocycles. The van der Waals surface area contributed by atoms with Crippen LogP contribution in [0.1, 0.15) is 111 Å². The maximum Gasteiger partial charge on any atom is 0.224 e. The van der Waals surface area contributed by atoms with E-state index in [0.29, 0.717) is 12.0 Å². The minimum atomic E-state index is -2.67. The van der Waals surface area contributed by atoms with E-state index in [0.717, 1.165) is 12.5 Å². The number of phenolic OH excluding ortho intramolecular Hbond substituents is 1. The standard InChI is InChI=1S/C35H47NO8/c1-16(2)19-13-21(36-22(38)11-12-32(6,7)8)27(39)24-20(19)14-33(9)15-34(10)25(17(3)4)28(40)23(18(5)37)30(42)35(34,44)31(43)26(33)29(24)41/h13,16-17,25,39,41-42,44H,11-12,14-15H2,1-10H3,(H,36,38)/t25?,33-,34-,35+/m1/s1. The third-order valence-corrected chi connectivity index (χ3v) is 10.0. The summed E-state index contributed by atoms with van der Waals surface area (Å²) in [6.45, 7) is 18.0. The van der Waals surface area contributed by atoms with Crippen molar-refractivity contribution in [1.29, 1.82) is 0 Å². The lowest BCUT2D eigenvalue weighted by molar-refractivity contribution is -0.178. The Bertz CT molecular complexity index is 1540. The fourth-order valence-electron chi connectivity index (χ4n) is 8.12. The van der Waals surface area contributed by atoms with Crippen molar-refractivity contribution in [2.24, 2.45) is 28.1 Å². The number of allylic oxidation sites excluding steroid dienone is 1. The van der Waals surface area contributed by atoms with Crippen LogP contribution in [0.4, 0.5) is 5.69 Å². The summed E-state index contributed by atoms with van der Waals surface area (Å²) in [6.07, 6.45) is 1.03. The van der Waals surface area contributed by atoms with Crippen LogP contribution in [0.25, 0.3) is 5.76 Å². The lowest BCUT2D eigenvalue weighted by atomic mass is 9.43. The van der Waals surface area contributed by atoms with E-state index < -0.39 is 68.5 Å². The summed E-state index contributed by atoms with van der Waals surface area (Å²) in [7, 11) is 0. The molecule has 9 nitrogen and oxygen atoms in total. The van der Waals surface area contributed by atoms with E-state index in [2.05, 4.69) is 5.32 Å². The molecule has 0 saturated heterocycles. The van der Waals surface area contributed by atoms with Gasteiger partial charge >= 0.3 is 0 Å². The minimum absolute atomic E-state index is 0.0158.